The molecule has 0 saturated carbocycles. The maximum atomic E-state index is 12.7. The number of Topliss-reactive ketones (excluding diaryl/α,β-unsaturated/α-hetero) is 1. The summed E-state index contributed by atoms with van der Waals surface area (Å²) in [5.74, 6) is 0.0421. The number of carbonyl (C=O) groups excluding carboxylic acids is 2. The predicted octanol–water partition coefficient (Wildman–Crippen LogP) is 0.363. The second-order valence-electron chi connectivity index (χ2n) is 6.17. The van der Waals surface area contributed by atoms with Crippen LogP contribution in [0.25, 0.3) is 0 Å². The van der Waals surface area contributed by atoms with Crippen LogP contribution in [0.3, 0.4) is 0 Å². The molecule has 0 spiro atoms. The molecule has 0 bridgehead atoms. The van der Waals surface area contributed by atoms with Crippen LogP contribution in [0.15, 0.2) is 29.2 Å². The molecule has 7 nitrogen and oxygen atoms in total. The summed E-state index contributed by atoms with van der Waals surface area (Å²) in [5.41, 5.74) is 0.485. The Morgan fingerprint density at radius 2 is 1.60 bits per heavy atom. The SMILES string of the molecule is CC(=O)c1ccc(S(=O)(=O)N2CCN(C(=O)C3CNC3)CC2)cc1.Cl. The molecular weight excluding hydrogens is 366 g/mol. The molecule has 2 fully saturated rings. The first-order valence-corrected chi connectivity index (χ1v) is 9.44. The van der Waals surface area contributed by atoms with Crippen LogP contribution in [0, 0.1) is 5.92 Å². The Hall–Kier alpha value is -1.48. The van der Waals surface area contributed by atoms with Gasteiger partial charge in [0.2, 0.25) is 15.9 Å². The van der Waals surface area contributed by atoms with Gasteiger partial charge < -0.3 is 10.2 Å². The second-order valence-corrected chi connectivity index (χ2v) is 8.10. The van der Waals surface area contributed by atoms with Crippen molar-refractivity contribution in [3.8, 4) is 0 Å². The molecule has 0 unspecified atom stereocenters. The molecule has 2 heterocycles. The largest absolute Gasteiger partial charge is 0.340 e. The zero-order valence-electron chi connectivity index (χ0n) is 14.0. The summed E-state index contributed by atoms with van der Waals surface area (Å²) in [7, 11) is -3.59. The van der Waals surface area contributed by atoms with Crippen LogP contribution >= 0.6 is 12.4 Å². The van der Waals surface area contributed by atoms with Gasteiger partial charge in [-0.25, -0.2) is 8.42 Å². The third kappa shape index (κ3) is 4.03. The van der Waals surface area contributed by atoms with Gasteiger partial charge in [0.1, 0.15) is 0 Å². The van der Waals surface area contributed by atoms with Crippen molar-refractivity contribution in [2.24, 2.45) is 5.92 Å². The molecule has 1 aromatic rings. The number of nitrogens with zero attached hydrogens (tertiary/aromatic N) is 2. The Labute approximate surface area is 153 Å². The molecule has 1 amide bonds. The Balaban J connectivity index is 0.00000225. The highest BCUT2D eigenvalue weighted by Crippen LogP contribution is 2.19. The van der Waals surface area contributed by atoms with Crippen LogP contribution in [0.5, 0.6) is 0 Å². The highest BCUT2D eigenvalue weighted by molar-refractivity contribution is 7.89. The lowest BCUT2D eigenvalue weighted by atomic mass is 10.0. The summed E-state index contributed by atoms with van der Waals surface area (Å²) in [6, 6.07) is 5.98. The van der Waals surface area contributed by atoms with Crippen molar-refractivity contribution in [3.05, 3.63) is 29.8 Å². The van der Waals surface area contributed by atoms with Crippen LogP contribution < -0.4 is 5.32 Å². The standard InChI is InChI=1S/C16H21N3O4S.ClH/c1-12(20)13-2-4-15(5-3-13)24(22,23)19-8-6-18(7-9-19)16(21)14-10-17-11-14;/h2-5,14,17H,6-11H2,1H3;1H. The van der Waals surface area contributed by atoms with E-state index in [1.54, 1.807) is 4.90 Å². The van der Waals surface area contributed by atoms with Crippen LogP contribution in [0.4, 0.5) is 0 Å². The van der Waals surface area contributed by atoms with Gasteiger partial charge in [-0.1, -0.05) is 12.1 Å². The Morgan fingerprint density at radius 3 is 2.04 bits per heavy atom. The number of sulfonamides is 1. The first-order valence-electron chi connectivity index (χ1n) is 8.00. The van der Waals surface area contributed by atoms with Crippen molar-refractivity contribution in [2.45, 2.75) is 11.8 Å². The van der Waals surface area contributed by atoms with Gasteiger partial charge in [-0.2, -0.15) is 4.31 Å². The minimum Gasteiger partial charge on any atom is -0.340 e. The first kappa shape index (κ1) is 19.8. The maximum absolute atomic E-state index is 12.7. The highest BCUT2D eigenvalue weighted by atomic mass is 35.5. The van der Waals surface area contributed by atoms with E-state index in [0.29, 0.717) is 44.8 Å². The molecule has 9 heteroatoms. The summed E-state index contributed by atoms with van der Waals surface area (Å²) < 4.78 is 26.7. The average Bonchev–Trinajstić information content (AvgIpc) is 2.53. The quantitative estimate of drug-likeness (QED) is 0.754. The molecule has 2 saturated heterocycles. The molecular formula is C16H22ClN3O4S. The molecule has 2 aliphatic heterocycles. The number of hydrogen-bond donors (Lipinski definition) is 1. The fourth-order valence-electron chi connectivity index (χ4n) is 2.88. The Kier molecular flexibility index (Phi) is 6.21. The molecule has 0 atom stereocenters. The molecule has 1 aromatic carbocycles. The number of rotatable bonds is 4. The molecule has 1 N–H and O–H groups in total. The van der Waals surface area contributed by atoms with E-state index in [4.69, 9.17) is 0 Å². The lowest BCUT2D eigenvalue weighted by molar-refractivity contribution is -0.138. The van der Waals surface area contributed by atoms with Crippen molar-refractivity contribution >= 4 is 34.1 Å². The number of ketones is 1. The van der Waals surface area contributed by atoms with Gasteiger partial charge in [-0.05, 0) is 19.1 Å². The molecule has 2 aliphatic rings. The van der Waals surface area contributed by atoms with Crippen molar-refractivity contribution in [3.63, 3.8) is 0 Å². The van der Waals surface area contributed by atoms with E-state index < -0.39 is 10.0 Å². The van der Waals surface area contributed by atoms with Gasteiger partial charge >= 0.3 is 0 Å². The number of carbonyl (C=O) groups is 2. The Bertz CT molecular complexity index is 739. The predicted molar refractivity (Wildman–Crippen MR) is 95.4 cm³/mol. The first-order chi connectivity index (χ1) is 11.4. The Morgan fingerprint density at radius 1 is 1.04 bits per heavy atom. The molecule has 0 aliphatic carbocycles. The number of benzene rings is 1. The van der Waals surface area contributed by atoms with Crippen molar-refractivity contribution in [1.29, 1.82) is 0 Å². The van der Waals surface area contributed by atoms with Gasteiger partial charge in [0.15, 0.2) is 5.78 Å². The van der Waals surface area contributed by atoms with Crippen LogP contribution in [-0.2, 0) is 14.8 Å². The fourth-order valence-corrected chi connectivity index (χ4v) is 4.30. The molecule has 0 radical (unpaired) electrons. The van der Waals surface area contributed by atoms with E-state index in [1.165, 1.54) is 35.5 Å². The lowest BCUT2D eigenvalue weighted by Crippen LogP contribution is -2.57. The van der Waals surface area contributed by atoms with Crippen molar-refractivity contribution in [1.82, 2.24) is 14.5 Å². The minimum atomic E-state index is -3.59. The molecule has 3 rings (SSSR count). The van der Waals surface area contributed by atoms with E-state index in [1.807, 2.05) is 0 Å². The second kappa shape index (κ2) is 7.82. The molecule has 138 valence electrons. The fraction of sp³-hybridized carbons (Fsp3) is 0.500. The van der Waals surface area contributed by atoms with E-state index >= 15 is 0 Å². The number of piperazine rings is 1. The zero-order chi connectivity index (χ0) is 17.3. The van der Waals surface area contributed by atoms with Gasteiger partial charge in [-0.3, -0.25) is 9.59 Å². The average molecular weight is 388 g/mol. The summed E-state index contributed by atoms with van der Waals surface area (Å²) >= 11 is 0. The smallest absolute Gasteiger partial charge is 0.243 e. The number of amides is 1. The van der Waals surface area contributed by atoms with E-state index in [9.17, 15) is 18.0 Å². The number of nitrogens with one attached hydrogen (secondary N) is 1. The summed E-state index contributed by atoms with van der Waals surface area (Å²) in [6.07, 6.45) is 0. The molecule has 25 heavy (non-hydrogen) atoms. The van der Waals surface area contributed by atoms with Crippen molar-refractivity contribution < 1.29 is 18.0 Å². The van der Waals surface area contributed by atoms with Crippen LogP contribution in [0.2, 0.25) is 0 Å². The van der Waals surface area contributed by atoms with Gasteiger partial charge in [0, 0.05) is 44.8 Å². The van der Waals surface area contributed by atoms with Crippen molar-refractivity contribution in [2.75, 3.05) is 39.3 Å². The summed E-state index contributed by atoms with van der Waals surface area (Å²) in [5, 5.41) is 3.07. The van der Waals surface area contributed by atoms with Crippen LogP contribution in [0.1, 0.15) is 17.3 Å². The zero-order valence-corrected chi connectivity index (χ0v) is 15.6. The van der Waals surface area contributed by atoms with E-state index in [2.05, 4.69) is 5.32 Å². The lowest BCUT2D eigenvalue weighted by Gasteiger charge is -2.37. The topological polar surface area (TPSA) is 86.8 Å². The summed E-state index contributed by atoms with van der Waals surface area (Å²) in [4.78, 5) is 25.4. The van der Waals surface area contributed by atoms with Crippen LogP contribution in [-0.4, -0.2) is 68.6 Å². The third-order valence-corrected chi connectivity index (χ3v) is 6.49. The monoisotopic (exact) mass is 387 g/mol. The third-order valence-electron chi connectivity index (χ3n) is 4.58. The number of hydrogen-bond acceptors (Lipinski definition) is 5. The minimum absolute atomic E-state index is 0. The van der Waals surface area contributed by atoms with E-state index in [0.717, 1.165) is 0 Å². The van der Waals surface area contributed by atoms with Gasteiger partial charge in [0.05, 0.1) is 10.8 Å². The molecule has 0 aromatic heterocycles. The number of halogens is 1. The van der Waals surface area contributed by atoms with Gasteiger partial charge in [0.25, 0.3) is 0 Å². The highest BCUT2D eigenvalue weighted by Gasteiger charge is 2.34. The van der Waals surface area contributed by atoms with E-state index in [-0.39, 0.29) is 34.9 Å². The maximum Gasteiger partial charge on any atom is 0.243 e. The summed E-state index contributed by atoms with van der Waals surface area (Å²) in [6.45, 7) is 4.28. The normalized spacial score (nSPS) is 19.0. The van der Waals surface area contributed by atoms with Gasteiger partial charge in [-0.15, -0.1) is 12.4 Å².